The van der Waals surface area contributed by atoms with Crippen molar-refractivity contribution in [3.63, 3.8) is 0 Å². The van der Waals surface area contributed by atoms with Gasteiger partial charge in [0.1, 0.15) is 17.6 Å². The number of alkyl halides is 3. The molecule has 2 saturated carbocycles. The average Bonchev–Trinajstić information content (AvgIpc) is 3.92. The van der Waals surface area contributed by atoms with Crippen LogP contribution in [0.25, 0.3) is 11.5 Å². The molecule has 3 unspecified atom stereocenters. The fourth-order valence-corrected chi connectivity index (χ4v) is 8.28. The van der Waals surface area contributed by atoms with Crippen LogP contribution >= 0.6 is 11.6 Å². The summed E-state index contributed by atoms with van der Waals surface area (Å²) in [5.74, 6) is 6.30. The van der Waals surface area contributed by atoms with E-state index in [0.717, 1.165) is 102 Å². The Bertz CT molecular complexity index is 2170. The summed E-state index contributed by atoms with van der Waals surface area (Å²) in [6, 6.07) is 9.17. The summed E-state index contributed by atoms with van der Waals surface area (Å²) in [7, 11) is 0. The Morgan fingerprint density at radius 1 is 1.12 bits per heavy atom. The van der Waals surface area contributed by atoms with E-state index in [1.807, 2.05) is 18.3 Å². The van der Waals surface area contributed by atoms with Gasteiger partial charge in [-0.25, -0.2) is 0 Å². The molecule has 296 valence electrons. The zero-order chi connectivity index (χ0) is 40.0. The second-order valence-corrected chi connectivity index (χ2v) is 15.2. The molecule has 2 fully saturated rings. The van der Waals surface area contributed by atoms with Gasteiger partial charge in [0.2, 0.25) is 6.41 Å². The van der Waals surface area contributed by atoms with Crippen molar-refractivity contribution in [2.75, 3.05) is 13.2 Å². The molecular formula is C45H48ClF3N2O5. The van der Waals surface area contributed by atoms with Crippen LogP contribution in [0.1, 0.15) is 95.2 Å². The summed E-state index contributed by atoms with van der Waals surface area (Å²) in [6.07, 6.45) is 7.40. The lowest BCUT2D eigenvalue weighted by Crippen LogP contribution is -2.33. The van der Waals surface area contributed by atoms with Gasteiger partial charge in [0.05, 0.1) is 17.9 Å². The molecule has 2 aromatic rings. The second kappa shape index (κ2) is 18.1. The van der Waals surface area contributed by atoms with Crippen LogP contribution in [0.4, 0.5) is 13.2 Å². The minimum absolute atomic E-state index is 0.0161. The SMILES string of the molecule is CCC1=C/CC(Cc2ccc3/c(c2)=C(/OCCCCNC=O)C2CC2/C=N/C=3c2ccc(C(F)(F)F)cc2OC(C)=O)/C(C#C[C@@H](C)O)=C2/CCCC/C2=C/1Cl. The Hall–Kier alpha value is -4.59. The summed E-state index contributed by atoms with van der Waals surface area (Å²) >= 11 is 7.07. The lowest BCUT2D eigenvalue weighted by Gasteiger charge is -2.29. The van der Waals surface area contributed by atoms with E-state index in [0.29, 0.717) is 49.7 Å². The number of aliphatic hydroxyl groups is 1. The summed E-state index contributed by atoms with van der Waals surface area (Å²) in [6.45, 7) is 5.86. The van der Waals surface area contributed by atoms with Crippen LogP contribution in [0.5, 0.6) is 5.75 Å². The molecule has 4 atom stereocenters. The number of fused-ring (bicyclic) bond motifs is 3. The number of esters is 1. The molecule has 2 N–H and O–H groups in total. The number of hydrogen-bond donors (Lipinski definition) is 2. The molecule has 2 aromatic carbocycles. The molecule has 0 bridgehead atoms. The van der Waals surface area contributed by atoms with E-state index in [4.69, 9.17) is 26.1 Å². The Morgan fingerprint density at radius 3 is 2.62 bits per heavy atom. The highest BCUT2D eigenvalue weighted by Gasteiger charge is 2.41. The first-order chi connectivity index (χ1) is 26.9. The van der Waals surface area contributed by atoms with Crippen molar-refractivity contribution in [2.24, 2.45) is 22.7 Å². The summed E-state index contributed by atoms with van der Waals surface area (Å²) < 4.78 is 53.6. The number of amides is 1. The molecule has 1 heterocycles. The zero-order valence-corrected chi connectivity index (χ0v) is 32.8. The molecule has 7 nitrogen and oxygen atoms in total. The molecular weight excluding hydrogens is 741 g/mol. The molecule has 0 aromatic heterocycles. The third kappa shape index (κ3) is 9.67. The number of carbonyl (C=O) groups excluding carboxylic acids is 2. The Morgan fingerprint density at radius 2 is 1.91 bits per heavy atom. The zero-order valence-electron chi connectivity index (χ0n) is 32.0. The van der Waals surface area contributed by atoms with E-state index in [2.05, 4.69) is 36.2 Å². The van der Waals surface area contributed by atoms with E-state index < -0.39 is 23.8 Å². The maximum absolute atomic E-state index is 13.9. The van der Waals surface area contributed by atoms with Crippen molar-refractivity contribution in [3.05, 3.63) is 96.9 Å². The number of benzene rings is 2. The van der Waals surface area contributed by atoms with Crippen molar-refractivity contribution in [2.45, 2.75) is 97.3 Å². The normalized spacial score (nSPS) is 27.1. The van der Waals surface area contributed by atoms with Gasteiger partial charge in [-0.15, -0.1) is 0 Å². The van der Waals surface area contributed by atoms with Gasteiger partial charge >= 0.3 is 12.1 Å². The first-order valence-corrected chi connectivity index (χ1v) is 19.9. The number of allylic oxidation sites excluding steroid dienone is 6. The number of ether oxygens (including phenoxy) is 2. The van der Waals surface area contributed by atoms with Gasteiger partial charge in [0.15, 0.2) is 0 Å². The van der Waals surface area contributed by atoms with Gasteiger partial charge in [-0.3, -0.25) is 14.6 Å². The van der Waals surface area contributed by atoms with Crippen LogP contribution in [-0.4, -0.2) is 43.0 Å². The van der Waals surface area contributed by atoms with Crippen LogP contribution < -0.4 is 20.5 Å². The van der Waals surface area contributed by atoms with Gasteiger partial charge in [-0.2, -0.15) is 13.2 Å². The van der Waals surface area contributed by atoms with Crippen molar-refractivity contribution in [1.82, 2.24) is 5.32 Å². The Balaban J connectivity index is 1.54. The number of rotatable bonds is 12. The molecule has 1 aliphatic heterocycles. The first kappa shape index (κ1) is 41.1. The number of nitrogens with zero attached hydrogens (tertiary/aromatic N) is 1. The topological polar surface area (TPSA) is 97.2 Å². The number of carbonyl (C=O) groups is 2. The maximum Gasteiger partial charge on any atom is 0.416 e. The molecule has 6 rings (SSSR count). The van der Waals surface area contributed by atoms with Crippen molar-refractivity contribution >= 4 is 41.7 Å². The standard InChI is InChI=1S/C45H48ClF3N2O5/c1-4-30-13-14-31(34(16-11-27(2)53)35-9-5-6-10-36(35)42(30)46)21-29-12-17-37-40(22-29)44(55-20-8-7-19-50-26-52)39-23-32(39)25-51-43(37)38-18-15-33(45(47,48)49)24-41(38)56-28(3)54/h12-13,15,17-18,22,24-27,31-32,39,53H,4-10,14,19-21,23H2,1-3H3,(H,50,52)/b30-13+,35-34-,42-36+,43-37+,44-40+,51-25+/t27-,31?,32?,39?/m1/s1. The fraction of sp³-hybridized carbons (Fsp3) is 0.444. The summed E-state index contributed by atoms with van der Waals surface area (Å²) in [5.41, 5.74) is 5.14. The Labute approximate surface area is 331 Å². The van der Waals surface area contributed by atoms with E-state index in [1.165, 1.54) is 11.6 Å². The summed E-state index contributed by atoms with van der Waals surface area (Å²) in [5, 5.41) is 15.2. The van der Waals surface area contributed by atoms with Crippen LogP contribution in [0, 0.1) is 29.6 Å². The van der Waals surface area contributed by atoms with E-state index in [-0.39, 0.29) is 29.1 Å². The third-order valence-electron chi connectivity index (χ3n) is 10.7. The fourth-order valence-electron chi connectivity index (χ4n) is 7.86. The van der Waals surface area contributed by atoms with Crippen molar-refractivity contribution < 1.29 is 37.3 Å². The smallest absolute Gasteiger partial charge is 0.416 e. The van der Waals surface area contributed by atoms with Gasteiger partial charge in [0, 0.05) is 58.1 Å². The highest BCUT2D eigenvalue weighted by atomic mass is 35.5. The number of aliphatic imine (C=N–C) groups is 1. The molecule has 56 heavy (non-hydrogen) atoms. The largest absolute Gasteiger partial charge is 0.497 e. The van der Waals surface area contributed by atoms with Gasteiger partial charge in [-0.05, 0) is 124 Å². The molecule has 3 aliphatic carbocycles. The lowest BCUT2D eigenvalue weighted by atomic mass is 9.77. The quantitative estimate of drug-likeness (QED) is 0.0753. The van der Waals surface area contributed by atoms with Crippen LogP contribution in [0.15, 0.2) is 74.8 Å². The number of aliphatic hydroxyl groups excluding tert-OH is 1. The molecule has 0 saturated heterocycles. The summed E-state index contributed by atoms with van der Waals surface area (Å²) in [4.78, 5) is 27.8. The molecule has 0 spiro atoms. The first-order valence-electron chi connectivity index (χ1n) is 19.5. The number of halogens is 4. The average molecular weight is 789 g/mol. The lowest BCUT2D eigenvalue weighted by molar-refractivity contribution is -0.138. The van der Waals surface area contributed by atoms with E-state index in [9.17, 15) is 27.9 Å². The van der Waals surface area contributed by atoms with Crippen molar-refractivity contribution in [3.8, 4) is 17.6 Å². The highest BCUT2D eigenvalue weighted by molar-refractivity contribution is 6.32. The van der Waals surface area contributed by atoms with Gasteiger partial charge in [-0.1, -0.05) is 48.6 Å². The minimum Gasteiger partial charge on any atom is -0.497 e. The number of hydrogen-bond acceptors (Lipinski definition) is 6. The number of unbranched alkanes of at least 4 members (excludes halogenated alkanes) is 1. The maximum atomic E-state index is 13.9. The monoisotopic (exact) mass is 788 g/mol. The predicted molar refractivity (Wildman–Crippen MR) is 212 cm³/mol. The second-order valence-electron chi connectivity index (χ2n) is 14.9. The van der Waals surface area contributed by atoms with Crippen LogP contribution in [0.2, 0.25) is 0 Å². The van der Waals surface area contributed by atoms with Gasteiger partial charge < -0.3 is 19.9 Å². The van der Waals surface area contributed by atoms with Crippen molar-refractivity contribution in [1.29, 1.82) is 0 Å². The number of nitrogens with one attached hydrogen (secondary N) is 1. The van der Waals surface area contributed by atoms with Crippen LogP contribution in [-0.2, 0) is 26.9 Å². The van der Waals surface area contributed by atoms with Gasteiger partial charge in [0.25, 0.3) is 0 Å². The molecule has 0 radical (unpaired) electrons. The Kier molecular flexibility index (Phi) is 13.3. The molecule has 1 amide bonds. The highest BCUT2D eigenvalue weighted by Crippen LogP contribution is 2.45. The molecule has 4 aliphatic rings. The predicted octanol–water partition coefficient (Wildman–Crippen LogP) is 7.81. The third-order valence-corrected chi connectivity index (χ3v) is 11.2. The van der Waals surface area contributed by atoms with E-state index >= 15 is 0 Å². The van der Waals surface area contributed by atoms with E-state index in [1.54, 1.807) is 6.92 Å². The minimum atomic E-state index is -4.65. The molecule has 11 heteroatoms. The van der Waals surface area contributed by atoms with Crippen LogP contribution in [0.3, 0.4) is 0 Å².